The maximum absolute atomic E-state index is 3.36. The maximum atomic E-state index is 3.36. The van der Waals surface area contributed by atoms with Crippen LogP contribution in [-0.4, -0.2) is 13.3 Å². The summed E-state index contributed by atoms with van der Waals surface area (Å²) >= 11 is 0. The van der Waals surface area contributed by atoms with Crippen molar-refractivity contribution >= 4 is 23.7 Å². The van der Waals surface area contributed by atoms with Gasteiger partial charge in [0.25, 0.3) is 0 Å². The summed E-state index contributed by atoms with van der Waals surface area (Å²) in [6.45, 7) is 4.45. The highest BCUT2D eigenvalue weighted by Crippen LogP contribution is 2.43. The lowest BCUT2D eigenvalue weighted by Gasteiger charge is -1.83. The first kappa shape index (κ1) is 6.03. The summed E-state index contributed by atoms with van der Waals surface area (Å²) in [6, 6.07) is 0. The fraction of sp³-hybridized carbons (Fsp3) is 1.00. The molecule has 0 bridgehead atoms. The van der Waals surface area contributed by atoms with Gasteiger partial charge in [-0.25, -0.2) is 0 Å². The Bertz CT molecular complexity index is 31.9. The van der Waals surface area contributed by atoms with E-state index in [0.717, 1.165) is 0 Å². The van der Waals surface area contributed by atoms with Crippen molar-refractivity contribution in [3.05, 3.63) is 0 Å². The van der Waals surface area contributed by atoms with E-state index in [2.05, 4.69) is 21.9 Å². The van der Waals surface area contributed by atoms with Crippen molar-refractivity contribution in [1.82, 2.24) is 0 Å². The molecular weight excluding hydrogens is 117 g/mol. The van der Waals surface area contributed by atoms with Crippen LogP contribution in [0.3, 0.4) is 0 Å². The third-order valence-corrected chi connectivity index (χ3v) is 5.40. The molecule has 0 N–H and O–H groups in total. The van der Waals surface area contributed by atoms with E-state index in [-0.39, 0.29) is 7.61 Å². The van der Waals surface area contributed by atoms with Crippen molar-refractivity contribution < 1.29 is 0 Å². The van der Waals surface area contributed by atoms with Crippen LogP contribution in [0.4, 0.5) is 0 Å². The zero-order chi connectivity index (χ0) is 4.28. The second-order valence-corrected chi connectivity index (χ2v) is 7.64. The fourth-order valence-electron chi connectivity index (χ4n) is 0. The predicted octanol–water partition coefficient (Wildman–Crippen LogP) is 2.65. The molecule has 0 atom stereocenters. The summed E-state index contributed by atoms with van der Waals surface area (Å²) in [5, 5.41) is 0. The molecule has 0 rings (SSSR count). The van der Waals surface area contributed by atoms with E-state index in [9.17, 15) is 0 Å². The van der Waals surface area contributed by atoms with Crippen LogP contribution in [0.2, 0.25) is 0 Å². The molecule has 0 aromatic heterocycles. The Kier molecular flexibility index (Phi) is 3.89. The van der Waals surface area contributed by atoms with E-state index in [1.165, 1.54) is 7.56 Å². The number of rotatable bonds is 1. The minimum absolute atomic E-state index is 0.288. The quantitative estimate of drug-likeness (QED) is 0.471. The Morgan fingerprint density at radius 1 is 1.60 bits per heavy atom. The Morgan fingerprint density at radius 3 is 1.80 bits per heavy atom. The van der Waals surface area contributed by atoms with Crippen LogP contribution < -0.4 is 0 Å². The van der Waals surface area contributed by atoms with E-state index >= 15 is 0 Å². The van der Waals surface area contributed by atoms with Crippen molar-refractivity contribution in [3.63, 3.8) is 0 Å². The van der Waals surface area contributed by atoms with Crippen LogP contribution in [0.25, 0.3) is 0 Å². The highest BCUT2D eigenvalue weighted by Gasteiger charge is 1.74. The van der Waals surface area contributed by atoms with Gasteiger partial charge in [0.1, 0.15) is 0 Å². The number of hydrogen-bond donors (Lipinski definition) is 0. The molecule has 5 heavy (non-hydrogen) atoms. The van der Waals surface area contributed by atoms with Gasteiger partial charge >= 0.3 is 0 Å². The zero-order valence-corrected chi connectivity index (χ0v) is 6.18. The summed E-state index contributed by atoms with van der Waals surface area (Å²) in [4.78, 5) is 0. The fourth-order valence-corrected chi connectivity index (χ4v) is 0. The number of hydrogen-bond acceptors (Lipinski definition) is 0. The van der Waals surface area contributed by atoms with Gasteiger partial charge < -0.3 is 0 Å². The Balaban J connectivity index is 2.83. The summed E-state index contributed by atoms with van der Waals surface area (Å²) in [5.74, 6) is 0. The zero-order valence-electron chi connectivity index (χ0n) is 3.39. The topological polar surface area (TPSA) is 0 Å². The summed E-state index contributed by atoms with van der Waals surface area (Å²) in [6.07, 6.45) is 0. The molecule has 0 amide bonds. The molecular formula is C2H7P3. The average molecular weight is 124 g/mol. The third-order valence-electron chi connectivity index (χ3n) is 0.200. The molecule has 0 aliphatic rings. The molecule has 0 aromatic rings. The lowest BCUT2D eigenvalue weighted by molar-refractivity contribution is 2.30. The first-order valence-corrected chi connectivity index (χ1v) is 6.50. The SMILES string of the molecule is CP(C)P=P. The van der Waals surface area contributed by atoms with Gasteiger partial charge in [-0.15, -0.1) is 0 Å². The first-order valence-electron chi connectivity index (χ1n) is 1.32. The molecule has 0 saturated carbocycles. The highest BCUT2D eigenvalue weighted by molar-refractivity contribution is 8.29. The van der Waals surface area contributed by atoms with Gasteiger partial charge in [-0.1, -0.05) is 23.7 Å². The van der Waals surface area contributed by atoms with Gasteiger partial charge in [0, 0.05) is 0 Å². The third kappa shape index (κ3) is 5.03. The van der Waals surface area contributed by atoms with Crippen LogP contribution in [0.5, 0.6) is 0 Å². The largest absolute Gasteiger partial charge is 0.0888 e. The standard InChI is InChI=1S/C2H7P3/c1-5(2)4-3/h3H,1-2H3. The monoisotopic (exact) mass is 124 g/mol. The van der Waals surface area contributed by atoms with Crippen LogP contribution in [-0.2, 0) is 0 Å². The average Bonchev–Trinajstić information content (AvgIpc) is 1.38. The lowest BCUT2D eigenvalue weighted by Crippen LogP contribution is -1.36. The second kappa shape index (κ2) is 3.23. The molecule has 0 aromatic carbocycles. The lowest BCUT2D eigenvalue weighted by atomic mass is 11.9. The van der Waals surface area contributed by atoms with Crippen molar-refractivity contribution in [2.45, 2.75) is 0 Å². The van der Waals surface area contributed by atoms with Gasteiger partial charge in [-0.2, -0.15) is 0 Å². The van der Waals surface area contributed by atoms with E-state index < -0.39 is 0 Å². The Morgan fingerprint density at radius 2 is 1.80 bits per heavy atom. The first-order chi connectivity index (χ1) is 2.27. The van der Waals surface area contributed by atoms with Gasteiger partial charge in [0.2, 0.25) is 0 Å². The Labute approximate surface area is 37.8 Å². The smallest absolute Gasteiger partial charge is 0.0367 e. The van der Waals surface area contributed by atoms with Crippen LogP contribution in [0.15, 0.2) is 0 Å². The van der Waals surface area contributed by atoms with Crippen molar-refractivity contribution in [2.75, 3.05) is 13.3 Å². The Hall–Kier alpha value is 1.03. The summed E-state index contributed by atoms with van der Waals surface area (Å²) in [7, 11) is 5.01. The van der Waals surface area contributed by atoms with E-state index in [0.29, 0.717) is 0 Å². The molecule has 0 unspecified atom stereocenters. The molecule has 0 heterocycles. The molecule has 0 spiro atoms. The van der Waals surface area contributed by atoms with Gasteiger partial charge in [-0.05, 0) is 13.3 Å². The molecule has 0 saturated heterocycles. The van der Waals surface area contributed by atoms with Crippen LogP contribution >= 0.6 is 23.7 Å². The van der Waals surface area contributed by atoms with Crippen LogP contribution in [0, 0.1) is 0 Å². The molecule has 0 aliphatic carbocycles. The molecule has 3 heteroatoms. The van der Waals surface area contributed by atoms with E-state index in [1.807, 2.05) is 0 Å². The minimum Gasteiger partial charge on any atom is -0.0888 e. The molecule has 0 aliphatic heterocycles. The summed E-state index contributed by atoms with van der Waals surface area (Å²) < 4.78 is 0. The highest BCUT2D eigenvalue weighted by atomic mass is 32.2. The van der Waals surface area contributed by atoms with Gasteiger partial charge in [0.15, 0.2) is 0 Å². The van der Waals surface area contributed by atoms with Crippen molar-refractivity contribution in [3.8, 4) is 0 Å². The normalized spacial score (nSPS) is 10.2. The van der Waals surface area contributed by atoms with Gasteiger partial charge in [0.05, 0.1) is 0 Å². The van der Waals surface area contributed by atoms with E-state index in [4.69, 9.17) is 0 Å². The van der Waals surface area contributed by atoms with Crippen LogP contribution in [0.1, 0.15) is 0 Å². The molecule has 0 nitrogen and oxygen atoms in total. The molecule has 0 radical (unpaired) electrons. The van der Waals surface area contributed by atoms with Crippen molar-refractivity contribution in [1.29, 1.82) is 0 Å². The summed E-state index contributed by atoms with van der Waals surface area (Å²) in [5.41, 5.74) is 0. The second-order valence-electron chi connectivity index (χ2n) is 0.947. The molecule has 0 fully saturated rings. The van der Waals surface area contributed by atoms with E-state index in [1.54, 1.807) is 0 Å². The van der Waals surface area contributed by atoms with Gasteiger partial charge in [-0.3, -0.25) is 0 Å². The van der Waals surface area contributed by atoms with Crippen molar-refractivity contribution in [2.24, 2.45) is 0 Å². The minimum atomic E-state index is 0.288. The predicted molar refractivity (Wildman–Crippen MR) is 34.0 cm³/mol. The molecule has 30 valence electrons. The maximum Gasteiger partial charge on any atom is -0.0367 e.